The zero-order chi connectivity index (χ0) is 16.6. The highest BCUT2D eigenvalue weighted by Crippen LogP contribution is 2.28. The van der Waals surface area contributed by atoms with Crippen LogP contribution in [0.1, 0.15) is 23.3 Å². The maximum Gasteiger partial charge on any atom is 0.177 e. The number of fused-ring (bicyclic) bond motifs is 1. The van der Waals surface area contributed by atoms with Gasteiger partial charge in [0.05, 0.1) is 17.6 Å². The topological polar surface area (TPSA) is 49.7 Å². The highest BCUT2D eigenvalue weighted by molar-refractivity contribution is 7.13. The molecule has 0 amide bonds. The molecule has 128 valence electrons. The van der Waals surface area contributed by atoms with Crippen LogP contribution in [0, 0.1) is 0 Å². The molecule has 0 bridgehead atoms. The van der Waals surface area contributed by atoms with Crippen LogP contribution >= 0.6 is 22.7 Å². The number of thiophene rings is 2. The number of hydrogen-bond donors (Lipinski definition) is 1. The van der Waals surface area contributed by atoms with E-state index in [0.717, 1.165) is 30.1 Å². The van der Waals surface area contributed by atoms with Gasteiger partial charge in [-0.25, -0.2) is 9.67 Å². The van der Waals surface area contributed by atoms with Gasteiger partial charge in [-0.05, 0) is 54.4 Å². The second kappa shape index (κ2) is 6.40. The molecule has 4 aromatic rings. The monoisotopic (exact) mass is 369 g/mol. The molecule has 0 saturated carbocycles. The number of H-pyrrole nitrogens is 1. The third-order valence-corrected chi connectivity index (χ3v) is 6.51. The Labute approximate surface area is 153 Å². The van der Waals surface area contributed by atoms with E-state index in [1.54, 1.807) is 22.7 Å². The van der Waals surface area contributed by atoms with Crippen molar-refractivity contribution in [2.75, 3.05) is 13.1 Å². The lowest BCUT2D eigenvalue weighted by molar-refractivity contribution is 0.332. The van der Waals surface area contributed by atoms with E-state index in [1.165, 1.54) is 41.2 Å². The summed E-state index contributed by atoms with van der Waals surface area (Å²) in [4.78, 5) is 13.3. The Bertz CT molecular complexity index is 973. The zero-order valence-corrected chi connectivity index (χ0v) is 15.4. The molecule has 1 aliphatic heterocycles. The van der Waals surface area contributed by atoms with Crippen LogP contribution in [0.2, 0.25) is 0 Å². The average Bonchev–Trinajstić information content (AvgIpc) is 3.39. The third kappa shape index (κ3) is 3.03. The summed E-state index contributed by atoms with van der Waals surface area (Å²) >= 11 is 3.52. The Morgan fingerprint density at radius 1 is 1.16 bits per heavy atom. The van der Waals surface area contributed by atoms with Crippen molar-refractivity contribution >= 4 is 33.8 Å². The molecule has 0 aliphatic carbocycles. The van der Waals surface area contributed by atoms with Crippen LogP contribution in [0.15, 0.2) is 35.2 Å². The van der Waals surface area contributed by atoms with Gasteiger partial charge in [0, 0.05) is 11.4 Å². The summed E-state index contributed by atoms with van der Waals surface area (Å²) in [5.74, 6) is 0.949. The summed E-state index contributed by atoms with van der Waals surface area (Å²) in [5.41, 5.74) is 3.32. The molecule has 5 rings (SSSR count). The van der Waals surface area contributed by atoms with Crippen LogP contribution in [0.4, 0.5) is 0 Å². The number of aromatic amines is 1. The van der Waals surface area contributed by atoms with Crippen LogP contribution in [0.25, 0.3) is 21.9 Å². The molecule has 0 unspecified atom stereocenters. The maximum atomic E-state index is 4.81. The van der Waals surface area contributed by atoms with Gasteiger partial charge in [0.15, 0.2) is 11.5 Å². The van der Waals surface area contributed by atoms with E-state index < -0.39 is 0 Å². The van der Waals surface area contributed by atoms with Gasteiger partial charge in [0.2, 0.25) is 0 Å². The van der Waals surface area contributed by atoms with Crippen molar-refractivity contribution in [2.45, 2.75) is 25.9 Å². The molecule has 1 saturated heterocycles. The molecule has 4 aromatic heterocycles. The summed E-state index contributed by atoms with van der Waals surface area (Å²) in [7, 11) is 0. The van der Waals surface area contributed by atoms with Gasteiger partial charge in [0.25, 0.3) is 0 Å². The standard InChI is InChI=1S/C18H19N5S2/c1-2-6-22(5-1)10-13-8-16(25-12-13)17-20-15-9-19-23(18(15)21-17)11-14-4-3-7-24-14/h3-4,7-9,12H,1-2,5-6,10-11H2,(H,20,21). The molecule has 1 N–H and O–H groups in total. The molecule has 7 heteroatoms. The van der Waals surface area contributed by atoms with Crippen molar-refractivity contribution in [3.05, 3.63) is 45.6 Å². The summed E-state index contributed by atoms with van der Waals surface area (Å²) in [6.07, 6.45) is 4.54. The summed E-state index contributed by atoms with van der Waals surface area (Å²) < 4.78 is 1.97. The Kier molecular flexibility index (Phi) is 3.92. The molecule has 5 nitrogen and oxygen atoms in total. The minimum absolute atomic E-state index is 0.774. The fraction of sp³-hybridized carbons (Fsp3) is 0.333. The molecule has 0 spiro atoms. The number of nitrogens with zero attached hydrogens (tertiary/aromatic N) is 4. The van der Waals surface area contributed by atoms with E-state index in [2.05, 4.69) is 43.9 Å². The summed E-state index contributed by atoms with van der Waals surface area (Å²) in [6.45, 7) is 4.29. The highest BCUT2D eigenvalue weighted by atomic mass is 32.1. The molecule has 0 radical (unpaired) electrons. The van der Waals surface area contributed by atoms with Crippen LogP contribution in [0.3, 0.4) is 0 Å². The fourth-order valence-electron chi connectivity index (χ4n) is 3.41. The molecule has 0 aromatic carbocycles. The minimum Gasteiger partial charge on any atom is -0.335 e. The molecule has 25 heavy (non-hydrogen) atoms. The number of rotatable bonds is 5. The van der Waals surface area contributed by atoms with E-state index in [1.807, 2.05) is 10.9 Å². The smallest absolute Gasteiger partial charge is 0.177 e. The molecule has 1 aliphatic rings. The van der Waals surface area contributed by atoms with E-state index in [0.29, 0.717) is 0 Å². The minimum atomic E-state index is 0.774. The lowest BCUT2D eigenvalue weighted by atomic mass is 10.3. The number of imidazole rings is 1. The fourth-order valence-corrected chi connectivity index (χ4v) is 4.95. The van der Waals surface area contributed by atoms with Gasteiger partial charge >= 0.3 is 0 Å². The van der Waals surface area contributed by atoms with Crippen molar-refractivity contribution in [3.8, 4) is 10.7 Å². The molecule has 5 heterocycles. The number of hydrogen-bond acceptors (Lipinski definition) is 5. The molecular weight excluding hydrogens is 350 g/mol. The first-order valence-corrected chi connectivity index (χ1v) is 10.4. The average molecular weight is 370 g/mol. The van der Waals surface area contributed by atoms with Crippen LogP contribution in [-0.2, 0) is 13.1 Å². The summed E-state index contributed by atoms with van der Waals surface area (Å²) in [5, 5.41) is 8.82. The largest absolute Gasteiger partial charge is 0.335 e. The first-order valence-electron chi connectivity index (χ1n) is 8.59. The Morgan fingerprint density at radius 3 is 2.92 bits per heavy atom. The van der Waals surface area contributed by atoms with Gasteiger partial charge in [-0.3, -0.25) is 4.90 Å². The molecule has 1 fully saturated rings. The first-order chi connectivity index (χ1) is 12.3. The second-order valence-corrected chi connectivity index (χ2v) is 8.45. The van der Waals surface area contributed by atoms with Gasteiger partial charge in [0.1, 0.15) is 5.52 Å². The van der Waals surface area contributed by atoms with Crippen LogP contribution < -0.4 is 0 Å². The maximum absolute atomic E-state index is 4.81. The quantitative estimate of drug-likeness (QED) is 0.574. The van der Waals surface area contributed by atoms with E-state index >= 15 is 0 Å². The van der Waals surface area contributed by atoms with Gasteiger partial charge in [-0.15, -0.1) is 22.7 Å². The van der Waals surface area contributed by atoms with E-state index in [9.17, 15) is 0 Å². The van der Waals surface area contributed by atoms with Crippen molar-refractivity contribution in [3.63, 3.8) is 0 Å². The molecular formula is C18H19N5S2. The van der Waals surface area contributed by atoms with E-state index in [4.69, 9.17) is 4.98 Å². The van der Waals surface area contributed by atoms with Crippen molar-refractivity contribution in [1.82, 2.24) is 24.6 Å². The van der Waals surface area contributed by atoms with Gasteiger partial charge in [-0.2, -0.15) is 5.10 Å². The van der Waals surface area contributed by atoms with Gasteiger partial charge in [-0.1, -0.05) is 6.07 Å². The lowest BCUT2D eigenvalue weighted by Crippen LogP contribution is -2.17. The molecule has 0 atom stereocenters. The lowest BCUT2D eigenvalue weighted by Gasteiger charge is -2.12. The second-order valence-electron chi connectivity index (χ2n) is 6.51. The van der Waals surface area contributed by atoms with Crippen molar-refractivity contribution in [2.24, 2.45) is 0 Å². The predicted octanol–water partition coefficient (Wildman–Crippen LogP) is 4.19. The Hall–Kier alpha value is -1.96. The van der Waals surface area contributed by atoms with Crippen molar-refractivity contribution in [1.29, 1.82) is 0 Å². The number of nitrogens with one attached hydrogen (secondary N) is 1. The third-order valence-electron chi connectivity index (χ3n) is 4.66. The number of aromatic nitrogens is 4. The van der Waals surface area contributed by atoms with E-state index in [-0.39, 0.29) is 0 Å². The Balaban J connectivity index is 1.39. The van der Waals surface area contributed by atoms with Crippen molar-refractivity contribution < 1.29 is 0 Å². The van der Waals surface area contributed by atoms with Crippen LogP contribution in [-0.4, -0.2) is 37.7 Å². The van der Waals surface area contributed by atoms with Crippen LogP contribution in [0.5, 0.6) is 0 Å². The SMILES string of the molecule is c1csc(Cn2ncc3[nH]c(-c4cc(CN5CCCC5)cs4)nc32)c1. The Morgan fingerprint density at radius 2 is 2.08 bits per heavy atom. The zero-order valence-electron chi connectivity index (χ0n) is 13.8. The predicted molar refractivity (Wildman–Crippen MR) is 103 cm³/mol. The highest BCUT2D eigenvalue weighted by Gasteiger charge is 2.15. The summed E-state index contributed by atoms with van der Waals surface area (Å²) in [6, 6.07) is 6.48. The number of likely N-dealkylation sites (tertiary alicyclic amines) is 1. The normalized spacial score (nSPS) is 15.5. The first kappa shape index (κ1) is 15.3. The van der Waals surface area contributed by atoms with Gasteiger partial charge < -0.3 is 4.98 Å².